The lowest BCUT2D eigenvalue weighted by molar-refractivity contribution is -0.259. The molecule has 0 spiro atoms. The van der Waals surface area contributed by atoms with E-state index in [4.69, 9.17) is 20.8 Å². The summed E-state index contributed by atoms with van der Waals surface area (Å²) >= 11 is 6.20. The smallest absolute Gasteiger partial charge is 0.399 e. The molecule has 0 saturated carbocycles. The van der Waals surface area contributed by atoms with Gasteiger partial charge in [0.2, 0.25) is 0 Å². The summed E-state index contributed by atoms with van der Waals surface area (Å²) in [5.74, 6) is 1.15. The SMILES string of the molecule is CC(=O)c1cncc(Br)c1.CC(O)(c1cncc(-c2cnc3c(c2)CCCN3C(N)=O)c1)C(F)(F)F.CC(O)(c1cncc(Br)c1)C(F)(F)F.CC1(C)OB(c2cnc3c(c2)CCCN3C(N)=O)OC1(C)C. The maximum absolute atomic E-state index is 13.1. The zero-order chi connectivity index (χ0) is 53.8. The number of halogens is 8. The normalized spacial score (nSPS) is 17.4. The third-order valence-corrected chi connectivity index (χ3v) is 13.1. The lowest BCUT2D eigenvalue weighted by atomic mass is 9.79. The molecule has 16 nitrogen and oxygen atoms in total. The number of fused-ring (bicyclic) bond motifs is 2. The van der Waals surface area contributed by atoms with Gasteiger partial charge in [0.05, 0.1) is 11.2 Å². The molecule has 0 radical (unpaired) electrons. The molecule has 8 heterocycles. The number of amides is 4. The minimum Gasteiger partial charge on any atom is -0.399 e. The van der Waals surface area contributed by atoms with Crippen LogP contribution in [0.15, 0.2) is 88.9 Å². The van der Waals surface area contributed by atoms with Gasteiger partial charge in [0, 0.05) is 105 Å². The quantitative estimate of drug-likeness (QED) is 0.0736. The lowest BCUT2D eigenvalue weighted by Crippen LogP contribution is -2.41. The van der Waals surface area contributed by atoms with Gasteiger partial charge in [-0.3, -0.25) is 29.5 Å². The molecule has 0 aliphatic carbocycles. The zero-order valence-corrected chi connectivity index (χ0v) is 43.2. The average Bonchev–Trinajstić information content (AvgIpc) is 3.53. The Balaban J connectivity index is 0.000000189. The Morgan fingerprint density at radius 2 is 1.07 bits per heavy atom. The van der Waals surface area contributed by atoms with Crippen molar-refractivity contribution in [1.82, 2.24) is 24.9 Å². The number of urea groups is 2. The number of nitrogens with zero attached hydrogens (tertiary/aromatic N) is 7. The monoisotopic (exact) mass is 1140 g/mol. The van der Waals surface area contributed by atoms with Gasteiger partial charge < -0.3 is 31.0 Å². The number of alkyl halides is 6. The Labute approximate surface area is 428 Å². The number of nitrogens with two attached hydrogens (primary N) is 2. The summed E-state index contributed by atoms with van der Waals surface area (Å²) < 4.78 is 89.6. The van der Waals surface area contributed by atoms with Crippen LogP contribution in [0.1, 0.15) is 93.9 Å². The number of hydrogen-bond donors (Lipinski definition) is 4. The summed E-state index contributed by atoms with van der Waals surface area (Å²) in [4.78, 5) is 56.5. The molecule has 6 N–H and O–H groups in total. The molecule has 25 heteroatoms. The van der Waals surface area contributed by atoms with Crippen molar-refractivity contribution in [2.45, 2.75) is 109 Å². The van der Waals surface area contributed by atoms with Crippen LogP contribution in [0, 0.1) is 0 Å². The highest BCUT2D eigenvalue weighted by Gasteiger charge is 2.53. The van der Waals surface area contributed by atoms with Crippen LogP contribution in [0.25, 0.3) is 11.1 Å². The first-order valence-corrected chi connectivity index (χ1v) is 23.6. The van der Waals surface area contributed by atoms with E-state index in [-0.39, 0.29) is 28.1 Å². The van der Waals surface area contributed by atoms with E-state index < -0.39 is 42.7 Å². The molecule has 3 aliphatic heterocycles. The third-order valence-electron chi connectivity index (χ3n) is 12.2. The molecular formula is C47H52BBr2F6N9O7. The molecule has 72 heavy (non-hydrogen) atoms. The van der Waals surface area contributed by atoms with Gasteiger partial charge in [0.1, 0.15) is 11.6 Å². The van der Waals surface area contributed by atoms with E-state index in [9.17, 15) is 50.9 Å². The Bertz CT molecular complexity index is 2770. The standard InChI is InChI=1S/C17H17F3N4O2.C15H22BN3O3.C8H7BrF3NO.C7H6BrNO/c1-16(26,17(18,19)20)13-6-12(7-22-9-13)11-5-10-3-2-4-24(15(21)25)14(10)23-8-11;1-14(2)15(3,4)22-16(21-14)11-8-10-6-5-7-19(13(17)20)12(10)18-9-11;1-7(14,8(10,11)12)5-2-6(9)4-13-3-5;1-5(10)6-2-7(8)4-9-3-6/h5-9,26H,2-4H2,1H3,(H2,21,25);8-9H,5-7H2,1-4H3,(H2,17,20);2-4,14H,1H3;2-4H,1H3. The van der Waals surface area contributed by atoms with Crippen molar-refractivity contribution in [3.63, 3.8) is 0 Å². The number of carbonyl (C=O) groups is 3. The first-order chi connectivity index (χ1) is 33.3. The number of rotatable bonds is 5. The number of pyridine rings is 5. The predicted octanol–water partition coefficient (Wildman–Crippen LogP) is 8.62. The number of Topliss-reactive ketones (excluding diaryl/α,β-unsaturated/α-hetero) is 1. The fraction of sp³-hybridized carbons (Fsp3) is 0.404. The molecule has 4 amide bonds. The Morgan fingerprint density at radius 3 is 1.51 bits per heavy atom. The highest BCUT2D eigenvalue weighted by Crippen LogP contribution is 2.41. The summed E-state index contributed by atoms with van der Waals surface area (Å²) in [5.41, 5.74) is 7.68. The van der Waals surface area contributed by atoms with Crippen LogP contribution in [0.2, 0.25) is 0 Å². The van der Waals surface area contributed by atoms with E-state index in [0.717, 1.165) is 46.3 Å². The third kappa shape index (κ3) is 13.3. The van der Waals surface area contributed by atoms with Crippen molar-refractivity contribution >= 4 is 73.9 Å². The topological polar surface area (TPSA) is 233 Å². The fourth-order valence-electron chi connectivity index (χ4n) is 7.11. The van der Waals surface area contributed by atoms with E-state index in [2.05, 4.69) is 56.8 Å². The summed E-state index contributed by atoms with van der Waals surface area (Å²) in [5, 5.41) is 19.1. The number of hydrogen-bond acceptors (Lipinski definition) is 12. The number of anilines is 2. The predicted molar refractivity (Wildman–Crippen MR) is 263 cm³/mol. The van der Waals surface area contributed by atoms with Crippen molar-refractivity contribution in [2.75, 3.05) is 22.9 Å². The van der Waals surface area contributed by atoms with E-state index in [1.807, 2.05) is 33.8 Å². The highest BCUT2D eigenvalue weighted by molar-refractivity contribution is 9.10. The second-order valence-electron chi connectivity index (χ2n) is 18.2. The highest BCUT2D eigenvalue weighted by atomic mass is 79.9. The van der Waals surface area contributed by atoms with E-state index in [1.165, 1.54) is 47.4 Å². The van der Waals surface area contributed by atoms with Crippen molar-refractivity contribution in [1.29, 1.82) is 0 Å². The van der Waals surface area contributed by atoms with Gasteiger partial charge in [0.15, 0.2) is 17.0 Å². The number of aliphatic hydroxyl groups is 2. The molecule has 5 aromatic rings. The van der Waals surface area contributed by atoms with Crippen molar-refractivity contribution in [2.24, 2.45) is 11.5 Å². The largest absolute Gasteiger partial charge is 0.496 e. The maximum Gasteiger partial charge on any atom is 0.496 e. The molecule has 1 saturated heterocycles. The molecule has 386 valence electrons. The number of primary amides is 2. The summed E-state index contributed by atoms with van der Waals surface area (Å²) in [7, 11) is -0.438. The van der Waals surface area contributed by atoms with Gasteiger partial charge in [-0.1, -0.05) is 6.07 Å². The second kappa shape index (κ2) is 22.3. The zero-order valence-electron chi connectivity index (χ0n) is 40.1. The van der Waals surface area contributed by atoms with Crippen LogP contribution in [-0.2, 0) is 33.4 Å². The van der Waals surface area contributed by atoms with Crippen LogP contribution in [0.3, 0.4) is 0 Å². The van der Waals surface area contributed by atoms with Crippen LogP contribution < -0.4 is 26.7 Å². The Hall–Kier alpha value is -5.60. The number of aryl methyl sites for hydroxylation is 2. The number of aromatic nitrogens is 5. The summed E-state index contributed by atoms with van der Waals surface area (Å²) in [6, 6.07) is 6.86. The minimum atomic E-state index is -4.83. The van der Waals surface area contributed by atoms with Crippen LogP contribution in [0.4, 0.5) is 47.6 Å². The van der Waals surface area contributed by atoms with Gasteiger partial charge >= 0.3 is 31.5 Å². The van der Waals surface area contributed by atoms with E-state index in [0.29, 0.717) is 72.6 Å². The second-order valence-corrected chi connectivity index (χ2v) is 20.0. The molecule has 5 aromatic heterocycles. The maximum atomic E-state index is 13.1. The fourth-order valence-corrected chi connectivity index (χ4v) is 7.84. The molecule has 1 fully saturated rings. The van der Waals surface area contributed by atoms with Crippen LogP contribution in [-0.4, -0.2) is 96.7 Å². The van der Waals surface area contributed by atoms with Gasteiger partial charge in [-0.05, 0) is 141 Å². The summed E-state index contributed by atoms with van der Waals surface area (Å²) in [6.45, 7) is 12.1. The first-order valence-electron chi connectivity index (χ1n) is 22.0. The molecule has 0 bridgehead atoms. The molecular weight excluding hydrogens is 1090 g/mol. The number of carbonyl (C=O) groups excluding carboxylic acids is 3. The van der Waals surface area contributed by atoms with Crippen molar-refractivity contribution in [3.8, 4) is 11.1 Å². The molecule has 8 rings (SSSR count). The van der Waals surface area contributed by atoms with Gasteiger partial charge in [-0.2, -0.15) is 26.3 Å². The Morgan fingerprint density at radius 1 is 0.639 bits per heavy atom. The van der Waals surface area contributed by atoms with E-state index >= 15 is 0 Å². The van der Waals surface area contributed by atoms with E-state index in [1.54, 1.807) is 30.7 Å². The van der Waals surface area contributed by atoms with Crippen molar-refractivity contribution in [3.05, 3.63) is 117 Å². The average molecular weight is 1140 g/mol. The minimum absolute atomic E-state index is 0.0359. The van der Waals surface area contributed by atoms with Crippen LogP contribution >= 0.6 is 31.9 Å². The molecule has 0 aromatic carbocycles. The molecule has 2 unspecified atom stereocenters. The number of ketones is 1. The molecule has 3 aliphatic rings. The summed E-state index contributed by atoms with van der Waals surface area (Å²) in [6.07, 6.45) is 4.66. The Kier molecular flexibility index (Phi) is 17.7. The van der Waals surface area contributed by atoms with Gasteiger partial charge in [0.25, 0.3) is 0 Å². The van der Waals surface area contributed by atoms with Crippen molar-refractivity contribution < 1.29 is 60.2 Å². The first kappa shape index (κ1) is 57.3. The lowest BCUT2D eigenvalue weighted by Gasteiger charge is -2.32. The van der Waals surface area contributed by atoms with Gasteiger partial charge in [-0.15, -0.1) is 0 Å². The van der Waals surface area contributed by atoms with Gasteiger partial charge in [-0.25, -0.2) is 19.6 Å². The van der Waals surface area contributed by atoms with Crippen LogP contribution in [0.5, 0.6) is 0 Å². The molecule has 2 atom stereocenters.